The van der Waals surface area contributed by atoms with Gasteiger partial charge in [0.25, 0.3) is 0 Å². The maximum atomic E-state index is 13.1. The third-order valence-corrected chi connectivity index (χ3v) is 4.00. The summed E-state index contributed by atoms with van der Waals surface area (Å²) in [5.74, 6) is -0.113. The Balaban J connectivity index is 1.89. The molecule has 1 N–H and O–H groups in total. The van der Waals surface area contributed by atoms with E-state index < -0.39 is 0 Å². The number of halogens is 2. The second-order valence-electron chi connectivity index (χ2n) is 4.57. The molecular weight excluding hydrogens is 299 g/mol. The quantitative estimate of drug-likeness (QED) is 0.928. The number of hydrogen-bond donors (Lipinski definition) is 1. The van der Waals surface area contributed by atoms with Crippen LogP contribution in [0, 0.1) is 5.82 Å². The first kappa shape index (κ1) is 13.5. The smallest absolute Gasteiger partial charge is 0.219 e. The summed E-state index contributed by atoms with van der Waals surface area (Å²) in [6, 6.07) is 4.96. The van der Waals surface area contributed by atoms with Crippen LogP contribution in [-0.4, -0.2) is 29.9 Å². The topological polar surface area (TPSA) is 32.3 Å². The van der Waals surface area contributed by atoms with Crippen LogP contribution >= 0.6 is 15.9 Å². The Morgan fingerprint density at radius 3 is 3.06 bits per heavy atom. The minimum Gasteiger partial charge on any atom is -0.341 e. The van der Waals surface area contributed by atoms with E-state index in [1.807, 2.05) is 4.90 Å². The molecule has 1 aromatic rings. The SMILES string of the molecule is CC(=O)N1CC[C@H](NCc2cc(F)ccc2Br)C1. The van der Waals surface area contributed by atoms with Crippen LogP contribution in [0.2, 0.25) is 0 Å². The number of likely N-dealkylation sites (tertiary alicyclic amines) is 1. The maximum absolute atomic E-state index is 13.1. The molecule has 0 saturated carbocycles. The number of benzene rings is 1. The molecular formula is C13H16BrFN2O. The van der Waals surface area contributed by atoms with Crippen LogP contribution in [0.25, 0.3) is 0 Å². The molecule has 1 aliphatic heterocycles. The number of carbonyl (C=O) groups excluding carboxylic acids is 1. The number of rotatable bonds is 3. The molecule has 1 aliphatic rings. The number of nitrogens with zero attached hydrogens (tertiary/aromatic N) is 1. The fourth-order valence-corrected chi connectivity index (χ4v) is 2.53. The molecule has 18 heavy (non-hydrogen) atoms. The van der Waals surface area contributed by atoms with Crippen molar-refractivity contribution in [3.63, 3.8) is 0 Å². The van der Waals surface area contributed by atoms with Gasteiger partial charge in [0.15, 0.2) is 0 Å². The Labute approximate surface area is 114 Å². The summed E-state index contributed by atoms with van der Waals surface area (Å²) in [7, 11) is 0. The van der Waals surface area contributed by atoms with Gasteiger partial charge in [0.2, 0.25) is 5.91 Å². The fourth-order valence-electron chi connectivity index (χ4n) is 2.15. The van der Waals surface area contributed by atoms with Crippen LogP contribution in [0.1, 0.15) is 18.9 Å². The van der Waals surface area contributed by atoms with Crippen molar-refractivity contribution < 1.29 is 9.18 Å². The first-order chi connectivity index (χ1) is 8.56. The maximum Gasteiger partial charge on any atom is 0.219 e. The van der Waals surface area contributed by atoms with E-state index in [2.05, 4.69) is 21.2 Å². The highest BCUT2D eigenvalue weighted by Crippen LogP contribution is 2.18. The summed E-state index contributed by atoms with van der Waals surface area (Å²) in [4.78, 5) is 13.0. The second kappa shape index (κ2) is 5.80. The van der Waals surface area contributed by atoms with Crippen molar-refractivity contribution in [3.05, 3.63) is 34.1 Å². The van der Waals surface area contributed by atoms with E-state index >= 15 is 0 Å². The Bertz CT molecular complexity index is 453. The molecule has 3 nitrogen and oxygen atoms in total. The van der Waals surface area contributed by atoms with Crippen LogP contribution < -0.4 is 5.32 Å². The summed E-state index contributed by atoms with van der Waals surface area (Å²) in [5, 5.41) is 3.36. The van der Waals surface area contributed by atoms with E-state index in [0.29, 0.717) is 12.6 Å². The monoisotopic (exact) mass is 314 g/mol. The van der Waals surface area contributed by atoms with Gasteiger partial charge in [-0.15, -0.1) is 0 Å². The highest BCUT2D eigenvalue weighted by atomic mass is 79.9. The highest BCUT2D eigenvalue weighted by Gasteiger charge is 2.23. The van der Waals surface area contributed by atoms with Gasteiger partial charge in [0.05, 0.1) is 0 Å². The molecule has 0 radical (unpaired) electrons. The molecule has 0 bridgehead atoms. The molecule has 1 atom stereocenters. The molecule has 1 fully saturated rings. The molecule has 1 heterocycles. The van der Waals surface area contributed by atoms with Crippen LogP contribution in [-0.2, 0) is 11.3 Å². The van der Waals surface area contributed by atoms with Gasteiger partial charge in [-0.3, -0.25) is 4.79 Å². The van der Waals surface area contributed by atoms with E-state index in [1.165, 1.54) is 12.1 Å². The first-order valence-electron chi connectivity index (χ1n) is 5.99. The summed E-state index contributed by atoms with van der Waals surface area (Å²) in [6.45, 7) is 3.74. The van der Waals surface area contributed by atoms with Crippen LogP contribution in [0.3, 0.4) is 0 Å². The lowest BCUT2D eigenvalue weighted by Crippen LogP contribution is -2.33. The Morgan fingerprint density at radius 1 is 1.61 bits per heavy atom. The molecule has 0 spiro atoms. The molecule has 0 unspecified atom stereocenters. The molecule has 98 valence electrons. The van der Waals surface area contributed by atoms with Gasteiger partial charge in [0, 0.05) is 37.1 Å². The third-order valence-electron chi connectivity index (χ3n) is 3.22. The van der Waals surface area contributed by atoms with Gasteiger partial charge in [-0.05, 0) is 30.2 Å². The van der Waals surface area contributed by atoms with E-state index in [9.17, 15) is 9.18 Å². The molecule has 1 aromatic carbocycles. The summed E-state index contributed by atoms with van der Waals surface area (Å²) >= 11 is 3.40. The molecule has 1 saturated heterocycles. The van der Waals surface area contributed by atoms with Crippen molar-refractivity contribution in [1.29, 1.82) is 0 Å². The average molecular weight is 315 g/mol. The van der Waals surface area contributed by atoms with E-state index in [4.69, 9.17) is 0 Å². The Morgan fingerprint density at radius 2 is 2.39 bits per heavy atom. The normalized spacial score (nSPS) is 19.3. The lowest BCUT2D eigenvalue weighted by Gasteiger charge is -2.15. The molecule has 5 heteroatoms. The van der Waals surface area contributed by atoms with Gasteiger partial charge < -0.3 is 10.2 Å². The van der Waals surface area contributed by atoms with E-state index in [-0.39, 0.29) is 11.7 Å². The Hall–Kier alpha value is -0.940. The third kappa shape index (κ3) is 3.29. The van der Waals surface area contributed by atoms with Crippen molar-refractivity contribution in [1.82, 2.24) is 10.2 Å². The number of nitrogens with one attached hydrogen (secondary N) is 1. The van der Waals surface area contributed by atoms with Crippen molar-refractivity contribution >= 4 is 21.8 Å². The Kier molecular flexibility index (Phi) is 4.35. The summed E-state index contributed by atoms with van der Waals surface area (Å²) in [5.41, 5.74) is 0.899. The van der Waals surface area contributed by atoms with Gasteiger partial charge in [-0.2, -0.15) is 0 Å². The van der Waals surface area contributed by atoms with Gasteiger partial charge >= 0.3 is 0 Å². The van der Waals surface area contributed by atoms with Gasteiger partial charge in [-0.1, -0.05) is 15.9 Å². The van der Waals surface area contributed by atoms with Crippen molar-refractivity contribution in [2.45, 2.75) is 25.9 Å². The minimum absolute atomic E-state index is 0.117. The predicted octanol–water partition coefficient (Wildman–Crippen LogP) is 2.30. The second-order valence-corrected chi connectivity index (χ2v) is 5.42. The molecule has 2 rings (SSSR count). The predicted molar refractivity (Wildman–Crippen MR) is 71.6 cm³/mol. The number of hydrogen-bond acceptors (Lipinski definition) is 2. The van der Waals surface area contributed by atoms with E-state index in [0.717, 1.165) is 29.5 Å². The van der Waals surface area contributed by atoms with Gasteiger partial charge in [-0.25, -0.2) is 4.39 Å². The highest BCUT2D eigenvalue weighted by molar-refractivity contribution is 9.10. The van der Waals surface area contributed by atoms with E-state index in [1.54, 1.807) is 13.0 Å². The molecule has 1 amide bonds. The van der Waals surface area contributed by atoms with Crippen LogP contribution in [0.4, 0.5) is 4.39 Å². The lowest BCUT2D eigenvalue weighted by atomic mass is 10.2. The fraction of sp³-hybridized carbons (Fsp3) is 0.462. The van der Waals surface area contributed by atoms with Gasteiger partial charge in [0.1, 0.15) is 5.82 Å². The van der Waals surface area contributed by atoms with Crippen molar-refractivity contribution in [2.75, 3.05) is 13.1 Å². The van der Waals surface area contributed by atoms with Crippen molar-refractivity contribution in [3.8, 4) is 0 Å². The summed E-state index contributed by atoms with van der Waals surface area (Å²) < 4.78 is 14.0. The zero-order chi connectivity index (χ0) is 13.1. The zero-order valence-electron chi connectivity index (χ0n) is 10.2. The minimum atomic E-state index is -0.230. The summed E-state index contributed by atoms with van der Waals surface area (Å²) in [6.07, 6.45) is 0.951. The average Bonchev–Trinajstić information content (AvgIpc) is 2.79. The standard InChI is InChI=1S/C13H16BrFN2O/c1-9(18)17-5-4-12(8-17)16-7-10-6-11(15)2-3-13(10)14/h2-3,6,12,16H,4-5,7-8H2,1H3/t12-/m0/s1. The first-order valence-corrected chi connectivity index (χ1v) is 6.78. The number of carbonyl (C=O) groups is 1. The van der Waals surface area contributed by atoms with Crippen LogP contribution in [0.15, 0.2) is 22.7 Å². The molecule has 0 aliphatic carbocycles. The zero-order valence-corrected chi connectivity index (χ0v) is 11.8. The lowest BCUT2D eigenvalue weighted by molar-refractivity contribution is -0.127. The van der Waals surface area contributed by atoms with Crippen LogP contribution in [0.5, 0.6) is 0 Å². The molecule has 0 aromatic heterocycles. The number of amides is 1. The van der Waals surface area contributed by atoms with Crippen molar-refractivity contribution in [2.24, 2.45) is 0 Å². The largest absolute Gasteiger partial charge is 0.341 e.